The molecule has 1 aliphatic heterocycles. The molecule has 0 bridgehead atoms. The summed E-state index contributed by atoms with van der Waals surface area (Å²) in [6, 6.07) is 0. The maximum atomic E-state index is 10.5. The van der Waals surface area contributed by atoms with Gasteiger partial charge in [0, 0.05) is 6.08 Å². The van der Waals surface area contributed by atoms with Gasteiger partial charge in [0.05, 0.1) is 0 Å². The summed E-state index contributed by atoms with van der Waals surface area (Å²) < 4.78 is 4.34. The summed E-state index contributed by atoms with van der Waals surface area (Å²) in [6.45, 7) is 3.09. The summed E-state index contributed by atoms with van der Waals surface area (Å²) in [4.78, 5) is 28.7. The molecule has 0 N–H and O–H groups in total. The molecule has 0 fully saturated rings. The van der Waals surface area contributed by atoms with Gasteiger partial charge in [-0.2, -0.15) is 0 Å². The average Bonchev–Trinajstić information content (AvgIpc) is 2.81. The highest BCUT2D eigenvalue weighted by molar-refractivity contribution is 5.89. The minimum atomic E-state index is -0.834. The van der Waals surface area contributed by atoms with E-state index in [0.717, 1.165) is 6.08 Å². The Labute approximate surface area is 61.8 Å². The van der Waals surface area contributed by atoms with E-state index < -0.39 is 11.9 Å². The first-order valence-corrected chi connectivity index (χ1v) is 2.66. The summed E-state index contributed by atoms with van der Waals surface area (Å²) in [6.07, 6.45) is 2.04. The lowest BCUT2D eigenvalue weighted by Gasteiger charge is -1.94. The van der Waals surface area contributed by atoms with Crippen LogP contribution < -0.4 is 0 Å². The van der Waals surface area contributed by atoms with Crippen LogP contribution in [0, 0.1) is 0 Å². The SMILES string of the molecule is C=CC(=O)OOC(=O)C1=CO1. The Kier molecular flexibility index (Phi) is 1.91. The van der Waals surface area contributed by atoms with Gasteiger partial charge >= 0.3 is 11.9 Å². The van der Waals surface area contributed by atoms with E-state index in [2.05, 4.69) is 21.1 Å². The van der Waals surface area contributed by atoms with E-state index in [-0.39, 0.29) is 5.76 Å². The molecular weight excluding hydrogens is 152 g/mol. The smallest absolute Gasteiger partial charge is 0.424 e. The van der Waals surface area contributed by atoms with E-state index in [0.29, 0.717) is 0 Å². The molecule has 0 aliphatic carbocycles. The Morgan fingerprint density at radius 2 is 2.18 bits per heavy atom. The molecule has 0 aromatic carbocycles. The predicted molar refractivity (Wildman–Crippen MR) is 31.5 cm³/mol. The van der Waals surface area contributed by atoms with Gasteiger partial charge < -0.3 is 4.74 Å². The Morgan fingerprint density at radius 1 is 1.55 bits per heavy atom. The van der Waals surface area contributed by atoms with Crippen molar-refractivity contribution in [3.63, 3.8) is 0 Å². The molecule has 0 aromatic heterocycles. The predicted octanol–water partition coefficient (Wildman–Crippen LogP) is 0.0454. The van der Waals surface area contributed by atoms with Gasteiger partial charge in [-0.3, -0.25) is 0 Å². The first-order chi connectivity index (χ1) is 5.24. The van der Waals surface area contributed by atoms with Crippen molar-refractivity contribution in [1.29, 1.82) is 0 Å². The second kappa shape index (κ2) is 2.87. The van der Waals surface area contributed by atoms with Crippen LogP contribution in [0.5, 0.6) is 0 Å². The number of rotatable bonds is 2. The fourth-order valence-corrected chi connectivity index (χ4v) is 0.280. The summed E-state index contributed by atoms with van der Waals surface area (Å²) >= 11 is 0. The zero-order valence-electron chi connectivity index (χ0n) is 5.40. The lowest BCUT2D eigenvalue weighted by atomic mass is 10.6. The van der Waals surface area contributed by atoms with Crippen LogP contribution in [-0.4, -0.2) is 11.9 Å². The minimum Gasteiger partial charge on any atom is -0.450 e. The Balaban J connectivity index is 2.21. The van der Waals surface area contributed by atoms with E-state index in [1.165, 1.54) is 6.26 Å². The number of hydrogen-bond acceptors (Lipinski definition) is 5. The van der Waals surface area contributed by atoms with Gasteiger partial charge in [-0.1, -0.05) is 6.58 Å². The molecule has 0 saturated heterocycles. The second-order valence-electron chi connectivity index (χ2n) is 1.58. The van der Waals surface area contributed by atoms with Gasteiger partial charge in [0.1, 0.15) is 6.26 Å². The van der Waals surface area contributed by atoms with Gasteiger partial charge in [0.2, 0.25) is 0 Å². The van der Waals surface area contributed by atoms with Crippen LogP contribution in [0.3, 0.4) is 0 Å². The van der Waals surface area contributed by atoms with Crippen LogP contribution in [0.2, 0.25) is 0 Å². The molecule has 1 heterocycles. The van der Waals surface area contributed by atoms with E-state index in [1.807, 2.05) is 0 Å². The number of carbonyl (C=O) groups is 2. The highest BCUT2D eigenvalue weighted by Gasteiger charge is 2.24. The molecule has 0 aromatic rings. The zero-order chi connectivity index (χ0) is 8.27. The fourth-order valence-electron chi connectivity index (χ4n) is 0.280. The Bertz CT molecular complexity index is 239. The summed E-state index contributed by atoms with van der Waals surface area (Å²) in [5.41, 5.74) is 0. The van der Waals surface area contributed by atoms with Crippen molar-refractivity contribution in [3.8, 4) is 0 Å². The van der Waals surface area contributed by atoms with E-state index in [4.69, 9.17) is 0 Å². The molecule has 0 unspecified atom stereocenters. The third-order valence-electron chi connectivity index (χ3n) is 0.803. The summed E-state index contributed by atoms with van der Waals surface area (Å²) in [7, 11) is 0. The van der Waals surface area contributed by atoms with Gasteiger partial charge in [-0.15, -0.1) is 0 Å². The molecule has 0 atom stereocenters. The lowest BCUT2D eigenvalue weighted by molar-refractivity contribution is -0.252. The third kappa shape index (κ3) is 2.13. The van der Waals surface area contributed by atoms with Crippen molar-refractivity contribution in [1.82, 2.24) is 0 Å². The molecule has 1 rings (SSSR count). The molecule has 1 aliphatic rings. The maximum Gasteiger partial charge on any atom is 0.424 e. The quantitative estimate of drug-likeness (QED) is 0.321. The van der Waals surface area contributed by atoms with Gasteiger partial charge in [0.25, 0.3) is 5.76 Å². The first-order valence-electron chi connectivity index (χ1n) is 2.66. The fraction of sp³-hybridized carbons (Fsp3) is 0. The van der Waals surface area contributed by atoms with Crippen LogP contribution in [-0.2, 0) is 24.1 Å². The average molecular weight is 156 g/mol. The highest BCUT2D eigenvalue weighted by Crippen LogP contribution is 2.14. The number of carbonyl (C=O) groups excluding carboxylic acids is 2. The van der Waals surface area contributed by atoms with Crippen molar-refractivity contribution in [3.05, 3.63) is 24.7 Å². The summed E-state index contributed by atoms with van der Waals surface area (Å²) in [5, 5.41) is 0. The van der Waals surface area contributed by atoms with Crippen LogP contribution in [0.15, 0.2) is 24.7 Å². The highest BCUT2D eigenvalue weighted by atomic mass is 17.2. The Morgan fingerprint density at radius 3 is 2.64 bits per heavy atom. The van der Waals surface area contributed by atoms with E-state index in [1.54, 1.807) is 0 Å². The van der Waals surface area contributed by atoms with Crippen LogP contribution in [0.4, 0.5) is 0 Å². The molecule has 5 nitrogen and oxygen atoms in total. The van der Waals surface area contributed by atoms with Crippen LogP contribution in [0.1, 0.15) is 0 Å². The molecule has 11 heavy (non-hydrogen) atoms. The van der Waals surface area contributed by atoms with Crippen molar-refractivity contribution in [2.45, 2.75) is 0 Å². The van der Waals surface area contributed by atoms with Crippen molar-refractivity contribution < 1.29 is 24.1 Å². The molecule has 0 saturated carbocycles. The van der Waals surface area contributed by atoms with E-state index in [9.17, 15) is 9.59 Å². The van der Waals surface area contributed by atoms with E-state index >= 15 is 0 Å². The first kappa shape index (κ1) is 7.33. The van der Waals surface area contributed by atoms with Crippen molar-refractivity contribution in [2.24, 2.45) is 0 Å². The van der Waals surface area contributed by atoms with Gasteiger partial charge in [0.15, 0.2) is 0 Å². The number of hydrogen-bond donors (Lipinski definition) is 0. The summed E-state index contributed by atoms with van der Waals surface area (Å²) in [5.74, 6) is -1.64. The third-order valence-corrected chi connectivity index (χ3v) is 0.803. The number of ether oxygens (including phenoxy) is 1. The molecular formula is C6H4O5. The molecule has 5 heteroatoms. The monoisotopic (exact) mass is 156 g/mol. The zero-order valence-corrected chi connectivity index (χ0v) is 5.40. The van der Waals surface area contributed by atoms with Gasteiger partial charge in [-0.05, 0) is 0 Å². The topological polar surface area (TPSA) is 65.1 Å². The normalized spacial score (nSPS) is 12.2. The van der Waals surface area contributed by atoms with Crippen molar-refractivity contribution >= 4 is 11.9 Å². The largest absolute Gasteiger partial charge is 0.450 e. The van der Waals surface area contributed by atoms with Crippen molar-refractivity contribution in [2.75, 3.05) is 0 Å². The molecule has 0 radical (unpaired) electrons. The molecule has 58 valence electrons. The standard InChI is InChI=1S/C6H4O5/c1-2-5(7)10-11-6(8)4-3-9-4/h2-3H,1H2. The molecule has 0 spiro atoms. The van der Waals surface area contributed by atoms with Crippen LogP contribution >= 0.6 is 0 Å². The van der Waals surface area contributed by atoms with Gasteiger partial charge in [-0.25, -0.2) is 19.4 Å². The second-order valence-corrected chi connectivity index (χ2v) is 1.58. The van der Waals surface area contributed by atoms with Crippen LogP contribution in [0.25, 0.3) is 0 Å². The lowest BCUT2D eigenvalue weighted by Crippen LogP contribution is -2.07. The Hall–Kier alpha value is -1.78. The minimum absolute atomic E-state index is 0.0295. The molecule has 0 amide bonds. The maximum absolute atomic E-state index is 10.5.